The molecule has 1 aromatic heterocycles. The third-order valence-corrected chi connectivity index (χ3v) is 4.12. The van der Waals surface area contributed by atoms with Crippen molar-refractivity contribution in [3.8, 4) is 5.88 Å². The lowest BCUT2D eigenvalue weighted by Gasteiger charge is -2.21. The van der Waals surface area contributed by atoms with E-state index >= 15 is 0 Å². The number of carboxylic acids is 1. The van der Waals surface area contributed by atoms with Crippen LogP contribution in [0, 0.1) is 0 Å². The van der Waals surface area contributed by atoms with Crippen LogP contribution in [-0.4, -0.2) is 20.9 Å². The number of halogens is 1. The van der Waals surface area contributed by atoms with Crippen LogP contribution in [0.2, 0.25) is 5.02 Å². The van der Waals surface area contributed by atoms with Crippen LogP contribution in [0.1, 0.15) is 24.2 Å². The monoisotopic (exact) mass is 359 g/mol. The molecule has 1 aromatic carbocycles. The number of nitrogens with zero attached hydrogens (tertiary/aromatic N) is 2. The van der Waals surface area contributed by atoms with Gasteiger partial charge in [0.2, 0.25) is 5.88 Å². The molecule has 2 heterocycles. The molecule has 3 rings (SSSR count). The van der Waals surface area contributed by atoms with Crippen molar-refractivity contribution in [2.75, 3.05) is 0 Å². The van der Waals surface area contributed by atoms with E-state index in [1.165, 1.54) is 6.08 Å². The summed E-state index contributed by atoms with van der Waals surface area (Å²) in [4.78, 5) is 11.2. The molecule has 0 radical (unpaired) electrons. The molecule has 25 heavy (non-hydrogen) atoms. The molecule has 7 heteroatoms. The molecule has 0 bridgehead atoms. The first-order valence-corrected chi connectivity index (χ1v) is 8.27. The highest BCUT2D eigenvalue weighted by molar-refractivity contribution is 6.30. The minimum Gasteiger partial charge on any atom is -0.478 e. The Labute approximate surface area is 150 Å². The van der Waals surface area contributed by atoms with Gasteiger partial charge in [-0.3, -0.25) is 0 Å². The molecule has 0 amide bonds. The van der Waals surface area contributed by atoms with Gasteiger partial charge in [-0.15, -0.1) is 0 Å². The van der Waals surface area contributed by atoms with Gasteiger partial charge in [0, 0.05) is 10.6 Å². The van der Waals surface area contributed by atoms with Crippen LogP contribution in [-0.2, 0) is 17.8 Å². The zero-order chi connectivity index (χ0) is 17.8. The number of aromatic nitrogens is 2. The fourth-order valence-electron chi connectivity index (χ4n) is 2.51. The number of benzene rings is 1. The Morgan fingerprint density at radius 3 is 2.84 bits per heavy atom. The van der Waals surface area contributed by atoms with Crippen molar-refractivity contribution in [3.05, 3.63) is 70.5 Å². The first-order valence-electron chi connectivity index (χ1n) is 7.90. The highest BCUT2D eigenvalue weighted by atomic mass is 35.5. The highest BCUT2D eigenvalue weighted by Crippen LogP contribution is 2.26. The number of ether oxygens (including phenoxy) is 1. The van der Waals surface area contributed by atoms with Gasteiger partial charge in [-0.1, -0.05) is 30.7 Å². The van der Waals surface area contributed by atoms with E-state index < -0.39 is 12.1 Å². The second kappa shape index (κ2) is 7.44. The Hall–Kier alpha value is -2.73. The smallest absolute Gasteiger partial charge is 0.335 e. The largest absolute Gasteiger partial charge is 0.478 e. The SMILES string of the molecule is CCc1cnn(C2C=C(C(=O)O)C=CN2)c1OCc1ccc(Cl)cc1. The summed E-state index contributed by atoms with van der Waals surface area (Å²) >= 11 is 5.90. The molecule has 1 atom stereocenters. The van der Waals surface area contributed by atoms with E-state index in [2.05, 4.69) is 10.4 Å². The van der Waals surface area contributed by atoms with E-state index in [1.807, 2.05) is 31.2 Å². The third kappa shape index (κ3) is 3.85. The molecule has 0 fully saturated rings. The van der Waals surface area contributed by atoms with Crippen molar-refractivity contribution in [2.24, 2.45) is 0 Å². The second-order valence-corrected chi connectivity index (χ2v) is 6.00. The average Bonchev–Trinajstić information content (AvgIpc) is 3.04. The van der Waals surface area contributed by atoms with Crippen LogP contribution in [0.15, 0.2) is 54.4 Å². The standard InChI is InChI=1S/C18H18ClN3O3/c1-2-13-10-21-22(16-9-14(18(23)24)7-8-20-16)17(13)25-11-12-3-5-15(19)6-4-12/h3-10,16,20H,2,11H2,1H3,(H,23,24). The van der Waals surface area contributed by atoms with Gasteiger partial charge in [0.15, 0.2) is 0 Å². The van der Waals surface area contributed by atoms with Crippen molar-refractivity contribution in [3.63, 3.8) is 0 Å². The Morgan fingerprint density at radius 2 is 2.16 bits per heavy atom. The van der Waals surface area contributed by atoms with E-state index in [-0.39, 0.29) is 5.57 Å². The maximum Gasteiger partial charge on any atom is 0.335 e. The third-order valence-electron chi connectivity index (χ3n) is 3.87. The quantitative estimate of drug-likeness (QED) is 0.827. The normalized spacial score (nSPS) is 16.2. The molecule has 6 nitrogen and oxygen atoms in total. The number of nitrogens with one attached hydrogen (secondary N) is 1. The Kier molecular flexibility index (Phi) is 5.09. The molecule has 2 N–H and O–H groups in total. The van der Waals surface area contributed by atoms with E-state index in [9.17, 15) is 9.90 Å². The maximum atomic E-state index is 11.2. The van der Waals surface area contributed by atoms with Crippen molar-refractivity contribution in [1.82, 2.24) is 15.1 Å². The predicted molar refractivity (Wildman–Crippen MR) is 94.4 cm³/mol. The summed E-state index contributed by atoms with van der Waals surface area (Å²) in [5, 5.41) is 17.3. The molecule has 0 spiro atoms. The summed E-state index contributed by atoms with van der Waals surface area (Å²) in [5.74, 6) is -0.361. The van der Waals surface area contributed by atoms with Gasteiger partial charge in [-0.2, -0.15) is 5.10 Å². The van der Waals surface area contributed by atoms with Crippen LogP contribution < -0.4 is 10.1 Å². The number of aliphatic carboxylic acids is 1. The number of rotatable bonds is 6. The maximum absolute atomic E-state index is 11.2. The number of hydrogen-bond donors (Lipinski definition) is 2. The van der Waals surface area contributed by atoms with Crippen molar-refractivity contribution in [2.45, 2.75) is 26.1 Å². The van der Waals surface area contributed by atoms with Gasteiger partial charge >= 0.3 is 5.97 Å². The molecule has 1 aliphatic heterocycles. The van der Waals surface area contributed by atoms with Crippen molar-refractivity contribution in [1.29, 1.82) is 0 Å². The molecule has 0 saturated carbocycles. The van der Waals surface area contributed by atoms with E-state index in [1.54, 1.807) is 23.2 Å². The average molecular weight is 360 g/mol. The number of aryl methyl sites for hydroxylation is 1. The lowest BCUT2D eigenvalue weighted by Crippen LogP contribution is -2.26. The predicted octanol–water partition coefficient (Wildman–Crippen LogP) is 3.30. The summed E-state index contributed by atoms with van der Waals surface area (Å²) in [7, 11) is 0. The van der Waals surface area contributed by atoms with Gasteiger partial charge in [-0.25, -0.2) is 9.48 Å². The fourth-order valence-corrected chi connectivity index (χ4v) is 2.64. The fraction of sp³-hybridized carbons (Fsp3) is 0.222. The first-order chi connectivity index (χ1) is 12.1. The van der Waals surface area contributed by atoms with E-state index in [4.69, 9.17) is 16.3 Å². The van der Waals surface area contributed by atoms with Crippen LogP contribution in [0.3, 0.4) is 0 Å². The van der Waals surface area contributed by atoms with Gasteiger partial charge in [0.25, 0.3) is 0 Å². The summed E-state index contributed by atoms with van der Waals surface area (Å²) in [6.07, 6.45) is 6.79. The zero-order valence-electron chi connectivity index (χ0n) is 13.6. The summed E-state index contributed by atoms with van der Waals surface area (Å²) in [5.41, 5.74) is 2.15. The Morgan fingerprint density at radius 1 is 1.40 bits per heavy atom. The van der Waals surface area contributed by atoms with Gasteiger partial charge in [0.1, 0.15) is 12.8 Å². The molecule has 2 aromatic rings. The van der Waals surface area contributed by atoms with Crippen molar-refractivity contribution >= 4 is 17.6 Å². The minimum atomic E-state index is -0.978. The molecule has 130 valence electrons. The topological polar surface area (TPSA) is 76.4 Å². The van der Waals surface area contributed by atoms with E-state index in [0.717, 1.165) is 17.5 Å². The zero-order valence-corrected chi connectivity index (χ0v) is 14.4. The molecule has 1 aliphatic rings. The summed E-state index contributed by atoms with van der Waals surface area (Å²) in [6.45, 7) is 2.39. The summed E-state index contributed by atoms with van der Waals surface area (Å²) < 4.78 is 7.64. The lowest BCUT2D eigenvalue weighted by atomic mass is 10.2. The lowest BCUT2D eigenvalue weighted by molar-refractivity contribution is -0.132. The Balaban J connectivity index is 1.84. The molecular weight excluding hydrogens is 342 g/mol. The van der Waals surface area contributed by atoms with Crippen LogP contribution in [0.5, 0.6) is 5.88 Å². The van der Waals surface area contributed by atoms with Crippen LogP contribution in [0.4, 0.5) is 0 Å². The Bertz CT molecular complexity index is 825. The van der Waals surface area contributed by atoms with Crippen molar-refractivity contribution < 1.29 is 14.6 Å². The van der Waals surface area contributed by atoms with E-state index in [0.29, 0.717) is 17.5 Å². The second-order valence-electron chi connectivity index (χ2n) is 5.56. The summed E-state index contributed by atoms with van der Waals surface area (Å²) in [6, 6.07) is 7.43. The number of carboxylic acid groups (broad SMARTS) is 1. The molecule has 1 unspecified atom stereocenters. The van der Waals surface area contributed by atoms with Gasteiger partial charge in [0.05, 0.1) is 11.8 Å². The number of dihydropyridines is 1. The van der Waals surface area contributed by atoms with Gasteiger partial charge < -0.3 is 15.2 Å². The first kappa shape index (κ1) is 17.1. The molecule has 0 saturated heterocycles. The molecular formula is C18H18ClN3O3. The number of carbonyl (C=O) groups is 1. The molecule has 0 aliphatic carbocycles. The van der Waals surface area contributed by atoms with Gasteiger partial charge in [-0.05, 0) is 42.5 Å². The highest BCUT2D eigenvalue weighted by Gasteiger charge is 2.20. The van der Waals surface area contributed by atoms with Crippen LogP contribution >= 0.6 is 11.6 Å². The van der Waals surface area contributed by atoms with Crippen LogP contribution in [0.25, 0.3) is 0 Å². The minimum absolute atomic E-state index is 0.209. The number of hydrogen-bond acceptors (Lipinski definition) is 4.